The standard InChI is InChI=1S/C20H19F3N2O/c21-20(22,23)18-10-12-8-14(17(18)9-12)11-24-25-19(26)16-7-3-5-13-4-1-2-6-15(13)16/h1-7,11-12,14,17-18H,8-10H2,(H,25,26)/b24-11-/t12-,14-,17+,18-/m1/s1. The Bertz CT molecular complexity index is 856. The second-order valence-electron chi connectivity index (χ2n) is 7.29. The minimum absolute atomic E-state index is 0.122. The lowest BCUT2D eigenvalue weighted by atomic mass is 9.81. The van der Waals surface area contributed by atoms with Gasteiger partial charge in [-0.3, -0.25) is 4.79 Å². The lowest BCUT2D eigenvalue weighted by Crippen LogP contribution is -2.33. The molecule has 4 rings (SSSR count). The molecule has 1 N–H and O–H groups in total. The highest BCUT2D eigenvalue weighted by Crippen LogP contribution is 2.56. The average Bonchev–Trinajstić information content (AvgIpc) is 3.21. The maximum absolute atomic E-state index is 13.1. The van der Waals surface area contributed by atoms with Gasteiger partial charge in [0.25, 0.3) is 5.91 Å². The SMILES string of the molecule is O=C(N/N=C\[C@H]1C[C@@H]2C[C@@H]1[C@H](C(F)(F)F)C2)c1cccc2ccccc12. The number of carbonyl (C=O) groups excluding carboxylic acids is 1. The zero-order chi connectivity index (χ0) is 18.3. The number of fused-ring (bicyclic) bond motifs is 3. The number of hydrogen-bond acceptors (Lipinski definition) is 2. The van der Waals surface area contributed by atoms with Crippen molar-refractivity contribution in [2.45, 2.75) is 25.4 Å². The highest BCUT2D eigenvalue weighted by atomic mass is 19.4. The summed E-state index contributed by atoms with van der Waals surface area (Å²) >= 11 is 0. The van der Waals surface area contributed by atoms with Crippen molar-refractivity contribution in [3.63, 3.8) is 0 Å². The minimum Gasteiger partial charge on any atom is -0.267 e. The topological polar surface area (TPSA) is 41.5 Å². The van der Waals surface area contributed by atoms with Crippen LogP contribution in [-0.2, 0) is 0 Å². The monoisotopic (exact) mass is 360 g/mol. The van der Waals surface area contributed by atoms with Crippen molar-refractivity contribution >= 4 is 22.9 Å². The van der Waals surface area contributed by atoms with Gasteiger partial charge in [-0.15, -0.1) is 0 Å². The van der Waals surface area contributed by atoms with Gasteiger partial charge >= 0.3 is 6.18 Å². The second kappa shape index (κ2) is 6.41. The first-order valence-corrected chi connectivity index (χ1v) is 8.81. The van der Waals surface area contributed by atoms with Crippen molar-refractivity contribution in [3.8, 4) is 0 Å². The molecule has 0 unspecified atom stereocenters. The molecule has 2 aliphatic rings. The molecular weight excluding hydrogens is 341 g/mol. The van der Waals surface area contributed by atoms with Gasteiger partial charge < -0.3 is 0 Å². The van der Waals surface area contributed by atoms with E-state index in [0.717, 1.165) is 17.2 Å². The summed E-state index contributed by atoms with van der Waals surface area (Å²) in [6, 6.07) is 13.0. The van der Waals surface area contributed by atoms with Crippen LogP contribution >= 0.6 is 0 Å². The molecule has 0 aliphatic heterocycles. The van der Waals surface area contributed by atoms with Gasteiger partial charge in [-0.1, -0.05) is 36.4 Å². The molecule has 2 aliphatic carbocycles. The van der Waals surface area contributed by atoms with Gasteiger partial charge in [0.15, 0.2) is 0 Å². The Morgan fingerprint density at radius 1 is 1.08 bits per heavy atom. The molecule has 3 nitrogen and oxygen atoms in total. The molecule has 0 saturated heterocycles. The summed E-state index contributed by atoms with van der Waals surface area (Å²) in [6.45, 7) is 0. The lowest BCUT2D eigenvalue weighted by Gasteiger charge is -2.28. The molecule has 4 atom stereocenters. The van der Waals surface area contributed by atoms with Crippen LogP contribution in [0.2, 0.25) is 0 Å². The predicted molar refractivity (Wildman–Crippen MR) is 93.8 cm³/mol. The van der Waals surface area contributed by atoms with Gasteiger partial charge in [0.1, 0.15) is 0 Å². The van der Waals surface area contributed by atoms with Gasteiger partial charge in [-0.2, -0.15) is 18.3 Å². The van der Waals surface area contributed by atoms with Crippen LogP contribution in [-0.4, -0.2) is 18.3 Å². The number of halogens is 3. The van der Waals surface area contributed by atoms with E-state index >= 15 is 0 Å². The Kier molecular flexibility index (Phi) is 4.21. The third-order valence-corrected chi connectivity index (χ3v) is 5.75. The number of amides is 1. The molecule has 0 spiro atoms. The summed E-state index contributed by atoms with van der Waals surface area (Å²) in [7, 11) is 0. The smallest absolute Gasteiger partial charge is 0.267 e. The maximum atomic E-state index is 13.1. The molecule has 26 heavy (non-hydrogen) atoms. The van der Waals surface area contributed by atoms with E-state index in [1.54, 1.807) is 12.1 Å². The van der Waals surface area contributed by atoms with E-state index in [1.165, 1.54) is 6.21 Å². The Morgan fingerprint density at radius 3 is 2.62 bits per heavy atom. The third kappa shape index (κ3) is 3.08. The van der Waals surface area contributed by atoms with E-state index in [0.29, 0.717) is 12.0 Å². The van der Waals surface area contributed by atoms with Crippen LogP contribution in [0.3, 0.4) is 0 Å². The summed E-state index contributed by atoms with van der Waals surface area (Å²) in [5.41, 5.74) is 2.98. The Morgan fingerprint density at radius 2 is 1.85 bits per heavy atom. The van der Waals surface area contributed by atoms with E-state index in [4.69, 9.17) is 0 Å². The number of hydrazone groups is 1. The highest BCUT2D eigenvalue weighted by molar-refractivity contribution is 6.07. The van der Waals surface area contributed by atoms with E-state index in [2.05, 4.69) is 10.5 Å². The molecule has 2 bridgehead atoms. The van der Waals surface area contributed by atoms with Crippen molar-refractivity contribution in [3.05, 3.63) is 48.0 Å². The number of benzene rings is 2. The largest absolute Gasteiger partial charge is 0.392 e. The zero-order valence-electron chi connectivity index (χ0n) is 14.0. The molecule has 136 valence electrons. The van der Waals surface area contributed by atoms with Crippen LogP contribution in [0.4, 0.5) is 13.2 Å². The molecule has 0 aromatic heterocycles. The van der Waals surface area contributed by atoms with Gasteiger partial charge in [0, 0.05) is 11.8 Å². The first kappa shape index (κ1) is 17.1. The van der Waals surface area contributed by atoms with Crippen LogP contribution in [0.25, 0.3) is 10.8 Å². The average molecular weight is 360 g/mol. The molecule has 6 heteroatoms. The van der Waals surface area contributed by atoms with Crippen LogP contribution in [0.5, 0.6) is 0 Å². The van der Waals surface area contributed by atoms with Crippen molar-refractivity contribution in [2.75, 3.05) is 0 Å². The fraction of sp³-hybridized carbons (Fsp3) is 0.400. The first-order valence-electron chi connectivity index (χ1n) is 8.81. The van der Waals surface area contributed by atoms with Crippen LogP contribution in [0, 0.1) is 23.7 Å². The summed E-state index contributed by atoms with van der Waals surface area (Å²) in [4.78, 5) is 12.4. The van der Waals surface area contributed by atoms with Gasteiger partial charge in [-0.05, 0) is 53.9 Å². The number of hydrogen-bond donors (Lipinski definition) is 1. The zero-order valence-corrected chi connectivity index (χ0v) is 14.0. The summed E-state index contributed by atoms with van der Waals surface area (Å²) in [5, 5.41) is 5.75. The van der Waals surface area contributed by atoms with Crippen molar-refractivity contribution < 1.29 is 18.0 Å². The predicted octanol–water partition coefficient (Wildman–Crippen LogP) is 4.78. The van der Waals surface area contributed by atoms with E-state index in [-0.39, 0.29) is 24.2 Å². The van der Waals surface area contributed by atoms with E-state index in [1.807, 2.05) is 30.3 Å². The molecule has 1 amide bonds. The number of alkyl halides is 3. The summed E-state index contributed by atoms with van der Waals surface area (Å²) in [6.07, 6.45) is -1.06. The normalized spacial score (nSPS) is 28.1. The quantitative estimate of drug-likeness (QED) is 0.621. The van der Waals surface area contributed by atoms with E-state index < -0.39 is 18.0 Å². The minimum atomic E-state index is -4.14. The fourth-order valence-corrected chi connectivity index (χ4v) is 4.63. The van der Waals surface area contributed by atoms with Crippen molar-refractivity contribution in [1.29, 1.82) is 0 Å². The second-order valence-corrected chi connectivity index (χ2v) is 7.29. The molecule has 2 fully saturated rings. The molecule has 0 radical (unpaired) electrons. The Labute approximate surface area is 149 Å². The molecular formula is C20H19F3N2O. The number of carbonyl (C=O) groups is 1. The van der Waals surface area contributed by atoms with Gasteiger partial charge in [-0.25, -0.2) is 5.43 Å². The molecule has 2 saturated carbocycles. The Balaban J connectivity index is 1.45. The fourth-order valence-electron chi connectivity index (χ4n) is 4.63. The van der Waals surface area contributed by atoms with Crippen LogP contribution in [0.1, 0.15) is 29.6 Å². The first-order chi connectivity index (χ1) is 12.4. The third-order valence-electron chi connectivity index (χ3n) is 5.75. The number of nitrogens with zero attached hydrogens (tertiary/aromatic N) is 1. The van der Waals surface area contributed by atoms with Gasteiger partial charge in [0.05, 0.1) is 5.92 Å². The lowest BCUT2D eigenvalue weighted by molar-refractivity contribution is -0.189. The van der Waals surface area contributed by atoms with Crippen LogP contribution < -0.4 is 5.43 Å². The summed E-state index contributed by atoms with van der Waals surface area (Å²) in [5.74, 6) is -2.08. The van der Waals surface area contributed by atoms with Crippen molar-refractivity contribution in [2.24, 2.45) is 28.8 Å². The molecule has 0 heterocycles. The van der Waals surface area contributed by atoms with Crippen molar-refractivity contribution in [1.82, 2.24) is 5.43 Å². The molecule has 2 aromatic rings. The highest BCUT2D eigenvalue weighted by Gasteiger charge is 2.56. The maximum Gasteiger partial charge on any atom is 0.392 e. The number of rotatable bonds is 3. The van der Waals surface area contributed by atoms with E-state index in [9.17, 15) is 18.0 Å². The van der Waals surface area contributed by atoms with Crippen LogP contribution in [0.15, 0.2) is 47.6 Å². The summed E-state index contributed by atoms with van der Waals surface area (Å²) < 4.78 is 39.3. The Hall–Kier alpha value is -2.37. The number of nitrogens with one attached hydrogen (secondary N) is 1. The molecule has 2 aromatic carbocycles. The van der Waals surface area contributed by atoms with Gasteiger partial charge in [0.2, 0.25) is 0 Å².